The molecule has 0 radical (unpaired) electrons. The summed E-state index contributed by atoms with van der Waals surface area (Å²) in [7, 11) is 0. The van der Waals surface area contributed by atoms with Crippen molar-refractivity contribution in [3.63, 3.8) is 0 Å². The van der Waals surface area contributed by atoms with Crippen LogP contribution < -0.4 is 0 Å². The summed E-state index contributed by atoms with van der Waals surface area (Å²) in [6.07, 6.45) is 4.25. The predicted molar refractivity (Wildman–Crippen MR) is 55.5 cm³/mol. The number of pyridine rings is 1. The van der Waals surface area contributed by atoms with Gasteiger partial charge in [-0.05, 0) is 25.8 Å². The van der Waals surface area contributed by atoms with Gasteiger partial charge in [0.05, 0.1) is 5.52 Å². The van der Waals surface area contributed by atoms with Crippen LogP contribution in [0.5, 0.6) is 0 Å². The lowest BCUT2D eigenvalue weighted by Crippen LogP contribution is -1.95. The molecule has 1 saturated carbocycles. The topological polar surface area (TPSA) is 30.7 Å². The second-order valence-electron chi connectivity index (χ2n) is 3.73. The minimum atomic E-state index is 0.505. The molecule has 3 rings (SSSR count). The Hall–Kier alpha value is -1.09. The van der Waals surface area contributed by atoms with Gasteiger partial charge < -0.3 is 4.57 Å². The minimum absolute atomic E-state index is 0.505. The molecule has 2 aromatic heterocycles. The Balaban J connectivity index is 2.37. The molecule has 0 atom stereocenters. The Morgan fingerprint density at radius 3 is 3.00 bits per heavy atom. The minimum Gasteiger partial charge on any atom is -0.325 e. The van der Waals surface area contributed by atoms with Crippen LogP contribution in [0.2, 0.25) is 5.15 Å². The van der Waals surface area contributed by atoms with Crippen molar-refractivity contribution in [2.75, 3.05) is 0 Å². The fraction of sp³-hybridized carbons (Fsp3) is 0.400. The molecule has 3 nitrogen and oxygen atoms in total. The van der Waals surface area contributed by atoms with Crippen molar-refractivity contribution < 1.29 is 0 Å². The largest absolute Gasteiger partial charge is 0.325 e. The van der Waals surface area contributed by atoms with Crippen molar-refractivity contribution in [3.8, 4) is 0 Å². The highest BCUT2D eigenvalue weighted by molar-refractivity contribution is 6.33. The summed E-state index contributed by atoms with van der Waals surface area (Å²) >= 11 is 5.98. The first kappa shape index (κ1) is 8.24. The molecule has 1 aliphatic carbocycles. The highest BCUT2D eigenvalue weighted by Crippen LogP contribution is 2.39. The summed E-state index contributed by atoms with van der Waals surface area (Å²) in [5.74, 6) is 1.04. The molecule has 0 amide bonds. The van der Waals surface area contributed by atoms with E-state index < -0.39 is 0 Å². The monoisotopic (exact) mass is 207 g/mol. The molecule has 0 aliphatic heterocycles. The van der Waals surface area contributed by atoms with Crippen LogP contribution in [0.25, 0.3) is 11.0 Å². The van der Waals surface area contributed by atoms with E-state index in [0.29, 0.717) is 11.2 Å². The predicted octanol–water partition coefficient (Wildman–Crippen LogP) is 2.73. The smallest absolute Gasteiger partial charge is 0.156 e. The zero-order valence-electron chi connectivity index (χ0n) is 7.87. The van der Waals surface area contributed by atoms with Gasteiger partial charge in [0.2, 0.25) is 0 Å². The third kappa shape index (κ3) is 1.05. The molecular formula is C10H10ClN3. The van der Waals surface area contributed by atoms with Crippen LogP contribution in [0.3, 0.4) is 0 Å². The van der Waals surface area contributed by atoms with Crippen molar-refractivity contribution in [1.82, 2.24) is 14.5 Å². The van der Waals surface area contributed by atoms with E-state index in [9.17, 15) is 0 Å². The molecule has 2 heterocycles. The molecule has 72 valence electrons. The van der Waals surface area contributed by atoms with Crippen molar-refractivity contribution in [2.24, 2.45) is 0 Å². The molecule has 0 saturated heterocycles. The third-order valence-corrected chi connectivity index (χ3v) is 2.93. The maximum Gasteiger partial charge on any atom is 0.156 e. The quantitative estimate of drug-likeness (QED) is 0.674. The number of halogens is 1. The molecule has 1 aliphatic rings. The lowest BCUT2D eigenvalue weighted by Gasteiger charge is -2.02. The Kier molecular flexibility index (Phi) is 1.59. The van der Waals surface area contributed by atoms with Gasteiger partial charge in [0.1, 0.15) is 11.3 Å². The van der Waals surface area contributed by atoms with Gasteiger partial charge >= 0.3 is 0 Å². The first-order valence-electron chi connectivity index (χ1n) is 4.76. The third-order valence-electron chi connectivity index (χ3n) is 2.65. The van der Waals surface area contributed by atoms with Gasteiger partial charge in [-0.3, -0.25) is 0 Å². The summed E-state index contributed by atoms with van der Waals surface area (Å²) in [6.45, 7) is 2.02. The van der Waals surface area contributed by atoms with Crippen LogP contribution in [-0.2, 0) is 0 Å². The molecule has 0 unspecified atom stereocenters. The van der Waals surface area contributed by atoms with Gasteiger partial charge in [-0.25, -0.2) is 9.97 Å². The van der Waals surface area contributed by atoms with Gasteiger partial charge in [0.15, 0.2) is 5.15 Å². The zero-order chi connectivity index (χ0) is 9.71. The Morgan fingerprint density at radius 1 is 1.50 bits per heavy atom. The van der Waals surface area contributed by atoms with Gasteiger partial charge in [0.25, 0.3) is 0 Å². The number of aryl methyl sites for hydroxylation is 1. The van der Waals surface area contributed by atoms with Crippen LogP contribution >= 0.6 is 11.6 Å². The lowest BCUT2D eigenvalue weighted by atomic mass is 10.4. The SMILES string of the molecule is Cc1nc2c(Cl)nccc2n1C1CC1. The average Bonchev–Trinajstić information content (AvgIpc) is 2.91. The van der Waals surface area contributed by atoms with Gasteiger partial charge in [-0.15, -0.1) is 0 Å². The van der Waals surface area contributed by atoms with Crippen molar-refractivity contribution >= 4 is 22.6 Å². The first-order valence-corrected chi connectivity index (χ1v) is 5.14. The van der Waals surface area contributed by atoms with E-state index in [1.807, 2.05) is 13.0 Å². The Labute approximate surface area is 86.7 Å². The van der Waals surface area contributed by atoms with E-state index >= 15 is 0 Å². The summed E-state index contributed by atoms with van der Waals surface area (Å²) in [4.78, 5) is 8.47. The standard InChI is InChI=1S/C10H10ClN3/c1-6-13-9-8(4-5-12-10(9)11)14(6)7-2-3-7/h4-5,7H,2-3H2,1H3. The van der Waals surface area contributed by atoms with E-state index in [1.165, 1.54) is 12.8 Å². The second kappa shape index (κ2) is 2.70. The van der Waals surface area contributed by atoms with Gasteiger partial charge in [-0.1, -0.05) is 11.6 Å². The molecule has 0 aromatic carbocycles. The molecule has 0 spiro atoms. The molecular weight excluding hydrogens is 198 g/mol. The number of hydrogen-bond donors (Lipinski definition) is 0. The Morgan fingerprint density at radius 2 is 2.29 bits per heavy atom. The van der Waals surface area contributed by atoms with Crippen LogP contribution in [0.4, 0.5) is 0 Å². The van der Waals surface area contributed by atoms with Gasteiger partial charge in [-0.2, -0.15) is 0 Å². The molecule has 2 aromatic rings. The Bertz CT molecular complexity index is 499. The number of aromatic nitrogens is 3. The number of rotatable bonds is 1. The number of hydrogen-bond acceptors (Lipinski definition) is 2. The zero-order valence-corrected chi connectivity index (χ0v) is 8.62. The normalized spacial score (nSPS) is 16.4. The number of imidazole rings is 1. The summed E-state index contributed by atoms with van der Waals surface area (Å²) < 4.78 is 2.27. The molecule has 1 fully saturated rings. The highest BCUT2D eigenvalue weighted by atomic mass is 35.5. The molecule has 4 heteroatoms. The van der Waals surface area contributed by atoms with Gasteiger partial charge in [0, 0.05) is 12.2 Å². The second-order valence-corrected chi connectivity index (χ2v) is 4.09. The van der Waals surface area contributed by atoms with E-state index in [1.54, 1.807) is 6.20 Å². The van der Waals surface area contributed by atoms with E-state index in [0.717, 1.165) is 16.9 Å². The molecule has 14 heavy (non-hydrogen) atoms. The molecule has 0 bridgehead atoms. The highest BCUT2D eigenvalue weighted by Gasteiger charge is 2.27. The lowest BCUT2D eigenvalue weighted by molar-refractivity contribution is 0.734. The fourth-order valence-electron chi connectivity index (χ4n) is 1.90. The van der Waals surface area contributed by atoms with Crippen LogP contribution in [0, 0.1) is 6.92 Å². The van der Waals surface area contributed by atoms with E-state index in [2.05, 4.69) is 14.5 Å². The van der Waals surface area contributed by atoms with E-state index in [4.69, 9.17) is 11.6 Å². The average molecular weight is 208 g/mol. The summed E-state index contributed by atoms with van der Waals surface area (Å²) in [6, 6.07) is 2.62. The summed E-state index contributed by atoms with van der Waals surface area (Å²) in [5, 5.41) is 0.505. The maximum atomic E-state index is 5.98. The molecule has 0 N–H and O–H groups in total. The van der Waals surface area contributed by atoms with Crippen molar-refractivity contribution in [3.05, 3.63) is 23.2 Å². The van der Waals surface area contributed by atoms with Crippen LogP contribution in [0.1, 0.15) is 24.7 Å². The summed E-state index contributed by atoms with van der Waals surface area (Å²) in [5.41, 5.74) is 1.95. The van der Waals surface area contributed by atoms with Crippen molar-refractivity contribution in [1.29, 1.82) is 0 Å². The maximum absolute atomic E-state index is 5.98. The van der Waals surface area contributed by atoms with Crippen LogP contribution in [0.15, 0.2) is 12.3 Å². The fourth-order valence-corrected chi connectivity index (χ4v) is 2.10. The van der Waals surface area contributed by atoms with Crippen LogP contribution in [-0.4, -0.2) is 14.5 Å². The number of fused-ring (bicyclic) bond motifs is 1. The first-order chi connectivity index (χ1) is 6.77. The van der Waals surface area contributed by atoms with Crippen molar-refractivity contribution in [2.45, 2.75) is 25.8 Å². The number of nitrogens with zero attached hydrogens (tertiary/aromatic N) is 3. The van der Waals surface area contributed by atoms with E-state index in [-0.39, 0.29) is 0 Å².